The second-order valence-corrected chi connectivity index (χ2v) is 4.02. The minimum absolute atomic E-state index is 0.0996. The lowest BCUT2D eigenvalue weighted by Crippen LogP contribution is -2.28. The fourth-order valence-electron chi connectivity index (χ4n) is 2.06. The highest BCUT2D eigenvalue weighted by atomic mass is 19.1. The number of hydrogen-bond acceptors (Lipinski definition) is 3. The fourth-order valence-corrected chi connectivity index (χ4v) is 2.06. The van der Waals surface area contributed by atoms with Crippen molar-refractivity contribution in [2.24, 2.45) is 11.7 Å². The van der Waals surface area contributed by atoms with E-state index >= 15 is 0 Å². The maximum absolute atomic E-state index is 13.3. The Morgan fingerprint density at radius 2 is 2.25 bits per heavy atom. The predicted molar refractivity (Wildman–Crippen MR) is 55.0 cm³/mol. The maximum atomic E-state index is 13.3. The monoisotopic (exact) mass is 228 g/mol. The summed E-state index contributed by atoms with van der Waals surface area (Å²) in [5.41, 5.74) is 5.59. The fraction of sp³-hybridized carbons (Fsp3) is 0.545. The third kappa shape index (κ3) is 2.29. The molecule has 1 aliphatic rings. The number of nitrogens with two attached hydrogens (primary N) is 1. The van der Waals surface area contributed by atoms with Gasteiger partial charge >= 0.3 is 0 Å². The molecule has 1 heterocycles. The number of nitrogens with zero attached hydrogens (tertiary/aromatic N) is 1. The first-order chi connectivity index (χ1) is 7.70. The van der Waals surface area contributed by atoms with Crippen molar-refractivity contribution in [3.8, 4) is 5.88 Å². The number of pyridine rings is 1. The van der Waals surface area contributed by atoms with E-state index in [4.69, 9.17) is 10.5 Å². The molecular weight excluding hydrogens is 214 g/mol. The van der Waals surface area contributed by atoms with Crippen LogP contribution in [-0.2, 0) is 0 Å². The zero-order valence-electron chi connectivity index (χ0n) is 8.83. The van der Waals surface area contributed by atoms with E-state index in [-0.39, 0.29) is 17.9 Å². The lowest BCUT2D eigenvalue weighted by Gasteiger charge is -2.19. The largest absolute Gasteiger partial charge is 0.472 e. The van der Waals surface area contributed by atoms with Gasteiger partial charge < -0.3 is 10.5 Å². The van der Waals surface area contributed by atoms with Crippen LogP contribution in [0.1, 0.15) is 19.3 Å². The average Bonchev–Trinajstić information content (AvgIpc) is 2.69. The van der Waals surface area contributed by atoms with Crippen molar-refractivity contribution in [3.05, 3.63) is 23.9 Å². The predicted octanol–water partition coefficient (Wildman–Crippen LogP) is 1.87. The molecule has 0 spiro atoms. The van der Waals surface area contributed by atoms with Crippen molar-refractivity contribution in [1.29, 1.82) is 0 Å². The molecule has 1 aromatic heterocycles. The van der Waals surface area contributed by atoms with Gasteiger partial charge in [-0.2, -0.15) is 0 Å². The number of rotatable bonds is 3. The van der Waals surface area contributed by atoms with Gasteiger partial charge in [-0.05, 0) is 25.8 Å². The van der Waals surface area contributed by atoms with Gasteiger partial charge in [-0.1, -0.05) is 0 Å². The molecule has 0 radical (unpaired) electrons. The molecule has 88 valence electrons. The van der Waals surface area contributed by atoms with Crippen LogP contribution in [0, 0.1) is 17.6 Å². The summed E-state index contributed by atoms with van der Waals surface area (Å²) >= 11 is 0. The molecule has 1 saturated carbocycles. The van der Waals surface area contributed by atoms with Gasteiger partial charge in [0.05, 0.1) is 6.20 Å². The van der Waals surface area contributed by atoms with E-state index in [1.165, 1.54) is 0 Å². The van der Waals surface area contributed by atoms with Crippen LogP contribution < -0.4 is 10.5 Å². The Bertz CT molecular complexity index is 373. The molecule has 1 fully saturated rings. The van der Waals surface area contributed by atoms with Crippen LogP contribution >= 0.6 is 0 Å². The molecule has 3 nitrogen and oxygen atoms in total. The zero-order valence-corrected chi connectivity index (χ0v) is 8.83. The summed E-state index contributed by atoms with van der Waals surface area (Å²) in [7, 11) is 0. The van der Waals surface area contributed by atoms with Crippen molar-refractivity contribution < 1.29 is 13.5 Å². The summed E-state index contributed by atoms with van der Waals surface area (Å²) < 4.78 is 31.3. The van der Waals surface area contributed by atoms with E-state index in [1.54, 1.807) is 0 Å². The van der Waals surface area contributed by atoms with Gasteiger partial charge in [-0.3, -0.25) is 0 Å². The molecular formula is C11H14F2N2O. The van der Waals surface area contributed by atoms with Gasteiger partial charge in [-0.15, -0.1) is 0 Å². The quantitative estimate of drug-likeness (QED) is 0.859. The second-order valence-electron chi connectivity index (χ2n) is 4.02. The number of hydrogen-bond donors (Lipinski definition) is 1. The molecule has 16 heavy (non-hydrogen) atoms. The van der Waals surface area contributed by atoms with Crippen molar-refractivity contribution in [1.82, 2.24) is 4.98 Å². The minimum Gasteiger partial charge on any atom is -0.472 e. The van der Waals surface area contributed by atoms with E-state index in [2.05, 4.69) is 4.98 Å². The average molecular weight is 228 g/mol. The summed E-state index contributed by atoms with van der Waals surface area (Å²) in [6.07, 6.45) is 3.71. The summed E-state index contributed by atoms with van der Waals surface area (Å²) in [6, 6.07) is 0.773. The summed E-state index contributed by atoms with van der Waals surface area (Å²) in [6.45, 7) is 0.521. The Balaban J connectivity index is 2.08. The Labute approximate surface area is 92.6 Å². The molecule has 1 aliphatic carbocycles. The van der Waals surface area contributed by atoms with Gasteiger partial charge in [0.25, 0.3) is 5.88 Å². The second kappa shape index (κ2) is 4.74. The van der Waals surface area contributed by atoms with Crippen molar-refractivity contribution >= 4 is 0 Å². The topological polar surface area (TPSA) is 48.1 Å². The van der Waals surface area contributed by atoms with E-state index < -0.39 is 11.6 Å². The van der Waals surface area contributed by atoms with Crippen LogP contribution in [-0.4, -0.2) is 17.6 Å². The molecule has 2 rings (SSSR count). The van der Waals surface area contributed by atoms with Crippen LogP contribution in [0.15, 0.2) is 12.3 Å². The molecule has 1 aromatic rings. The maximum Gasteiger partial charge on any atom is 0.250 e. The summed E-state index contributed by atoms with van der Waals surface area (Å²) in [4.78, 5) is 3.60. The standard InChI is InChI=1S/C11H14F2N2O/c12-8-4-9(13)11(15-6-8)16-10-3-1-2-7(10)5-14/h4,6-7,10H,1-3,5,14H2. The SMILES string of the molecule is NCC1CCCC1Oc1ncc(F)cc1F. The normalized spacial score (nSPS) is 24.7. The Hall–Kier alpha value is -1.23. The first-order valence-corrected chi connectivity index (χ1v) is 5.38. The molecule has 0 saturated heterocycles. The highest BCUT2D eigenvalue weighted by Gasteiger charge is 2.28. The van der Waals surface area contributed by atoms with Gasteiger partial charge in [-0.25, -0.2) is 13.8 Å². The van der Waals surface area contributed by atoms with Gasteiger partial charge in [0.2, 0.25) is 0 Å². The molecule has 0 bridgehead atoms. The van der Waals surface area contributed by atoms with Crippen LogP contribution in [0.5, 0.6) is 5.88 Å². The first-order valence-electron chi connectivity index (χ1n) is 5.38. The first kappa shape index (κ1) is 11.3. The molecule has 0 aromatic carbocycles. The number of halogens is 2. The molecule has 0 aliphatic heterocycles. The van der Waals surface area contributed by atoms with E-state index in [9.17, 15) is 8.78 Å². The van der Waals surface area contributed by atoms with Gasteiger partial charge in [0.15, 0.2) is 5.82 Å². The van der Waals surface area contributed by atoms with E-state index in [0.717, 1.165) is 31.5 Å². The highest BCUT2D eigenvalue weighted by molar-refractivity contribution is 5.14. The van der Waals surface area contributed by atoms with Crippen LogP contribution in [0.3, 0.4) is 0 Å². The summed E-state index contributed by atoms with van der Waals surface area (Å²) in [5, 5.41) is 0. The lowest BCUT2D eigenvalue weighted by atomic mass is 10.1. The van der Waals surface area contributed by atoms with Crippen LogP contribution in [0.4, 0.5) is 8.78 Å². The van der Waals surface area contributed by atoms with Crippen molar-refractivity contribution in [2.45, 2.75) is 25.4 Å². The molecule has 0 amide bonds. The third-order valence-corrected chi connectivity index (χ3v) is 2.93. The van der Waals surface area contributed by atoms with Gasteiger partial charge in [0.1, 0.15) is 11.9 Å². The zero-order chi connectivity index (χ0) is 11.5. The van der Waals surface area contributed by atoms with E-state index in [1.807, 2.05) is 0 Å². The van der Waals surface area contributed by atoms with Crippen molar-refractivity contribution in [2.75, 3.05) is 6.54 Å². The van der Waals surface area contributed by atoms with Gasteiger partial charge in [0, 0.05) is 12.0 Å². The lowest BCUT2D eigenvalue weighted by molar-refractivity contribution is 0.148. The smallest absolute Gasteiger partial charge is 0.250 e. The molecule has 5 heteroatoms. The van der Waals surface area contributed by atoms with Crippen LogP contribution in [0.25, 0.3) is 0 Å². The molecule has 2 unspecified atom stereocenters. The molecule has 2 atom stereocenters. The number of ether oxygens (including phenoxy) is 1. The molecule has 2 N–H and O–H groups in total. The third-order valence-electron chi connectivity index (χ3n) is 2.93. The Morgan fingerprint density at radius 1 is 1.44 bits per heavy atom. The van der Waals surface area contributed by atoms with Crippen molar-refractivity contribution in [3.63, 3.8) is 0 Å². The highest BCUT2D eigenvalue weighted by Crippen LogP contribution is 2.29. The summed E-state index contributed by atoms with van der Waals surface area (Å²) in [5.74, 6) is -1.35. The van der Waals surface area contributed by atoms with Crippen LogP contribution in [0.2, 0.25) is 0 Å². The Kier molecular flexibility index (Phi) is 3.33. The Morgan fingerprint density at radius 3 is 2.94 bits per heavy atom. The minimum atomic E-state index is -0.761. The number of aromatic nitrogens is 1. The van der Waals surface area contributed by atoms with E-state index in [0.29, 0.717) is 6.54 Å².